The highest BCUT2D eigenvalue weighted by molar-refractivity contribution is 7.99. The van der Waals surface area contributed by atoms with Crippen molar-refractivity contribution in [1.29, 1.82) is 0 Å². The summed E-state index contributed by atoms with van der Waals surface area (Å²) < 4.78 is 2.22. The van der Waals surface area contributed by atoms with Crippen LogP contribution in [-0.4, -0.2) is 51.7 Å². The zero-order valence-electron chi connectivity index (χ0n) is 19.5. The molecule has 1 saturated carbocycles. The van der Waals surface area contributed by atoms with E-state index in [2.05, 4.69) is 9.55 Å². The van der Waals surface area contributed by atoms with Crippen molar-refractivity contribution in [2.24, 2.45) is 5.73 Å². The van der Waals surface area contributed by atoms with Crippen LogP contribution in [0.1, 0.15) is 48.5 Å². The van der Waals surface area contributed by atoms with Crippen LogP contribution in [0.25, 0.3) is 22.2 Å². The molecule has 4 N–H and O–H groups in total. The summed E-state index contributed by atoms with van der Waals surface area (Å²) in [6.07, 6.45) is 7.85. The van der Waals surface area contributed by atoms with Gasteiger partial charge in [0.25, 0.3) is 5.91 Å². The second-order valence-corrected chi connectivity index (χ2v) is 10.1. The van der Waals surface area contributed by atoms with Gasteiger partial charge in [0, 0.05) is 23.2 Å². The maximum atomic E-state index is 12.2. The number of nitrogen functional groups attached to an aromatic ring is 1. The first-order valence-corrected chi connectivity index (χ1v) is 12.4. The predicted octanol–water partition coefficient (Wildman–Crippen LogP) is 4.45. The van der Waals surface area contributed by atoms with Crippen LogP contribution in [0.5, 0.6) is 0 Å². The van der Waals surface area contributed by atoms with Crippen molar-refractivity contribution in [3.05, 3.63) is 46.3 Å². The third-order valence-corrected chi connectivity index (χ3v) is 7.40. The Morgan fingerprint density at radius 2 is 2.00 bits per heavy atom. The van der Waals surface area contributed by atoms with E-state index in [9.17, 15) is 14.9 Å². The number of imidazole rings is 1. The predicted molar refractivity (Wildman–Crippen MR) is 136 cm³/mol. The Balaban J connectivity index is 1.81. The SMILES string of the molecule is CN(C)CCSc1cc(-c2ccc3c(c2)ncn3C2CCCCC2)c([N+](=O)[O-])c(N)c1C(N)=O. The van der Waals surface area contributed by atoms with Crippen molar-refractivity contribution in [1.82, 2.24) is 14.5 Å². The molecule has 0 radical (unpaired) electrons. The maximum Gasteiger partial charge on any atom is 0.300 e. The van der Waals surface area contributed by atoms with Crippen molar-refractivity contribution in [3.8, 4) is 11.1 Å². The Kier molecular flexibility index (Phi) is 7.08. The quantitative estimate of drug-likeness (QED) is 0.210. The summed E-state index contributed by atoms with van der Waals surface area (Å²) in [6, 6.07) is 7.78. The van der Waals surface area contributed by atoms with E-state index in [-0.39, 0.29) is 16.9 Å². The Bertz CT molecular complexity index is 1230. The van der Waals surface area contributed by atoms with E-state index in [1.807, 2.05) is 43.5 Å². The fraction of sp³-hybridized carbons (Fsp3) is 0.417. The molecule has 1 aromatic heterocycles. The molecule has 2 aromatic carbocycles. The molecule has 34 heavy (non-hydrogen) atoms. The molecule has 3 aromatic rings. The summed E-state index contributed by atoms with van der Waals surface area (Å²) in [6.45, 7) is 0.764. The Labute approximate surface area is 202 Å². The minimum atomic E-state index is -0.777. The molecule has 10 heteroatoms. The van der Waals surface area contributed by atoms with Crippen molar-refractivity contribution >= 4 is 40.1 Å². The first-order valence-electron chi connectivity index (χ1n) is 11.4. The summed E-state index contributed by atoms with van der Waals surface area (Å²) in [4.78, 5) is 30.8. The molecule has 9 nitrogen and oxygen atoms in total. The summed E-state index contributed by atoms with van der Waals surface area (Å²) in [5.74, 6) is -0.101. The number of thioether (sulfide) groups is 1. The lowest BCUT2D eigenvalue weighted by Crippen LogP contribution is -2.18. The fourth-order valence-corrected chi connectivity index (χ4v) is 5.87. The van der Waals surface area contributed by atoms with Gasteiger partial charge in [-0.2, -0.15) is 0 Å². The monoisotopic (exact) mass is 482 g/mol. The molecule has 0 spiro atoms. The number of nitrogens with two attached hydrogens (primary N) is 2. The van der Waals surface area contributed by atoms with Crippen molar-refractivity contribution < 1.29 is 9.72 Å². The maximum absolute atomic E-state index is 12.2. The van der Waals surface area contributed by atoms with Crippen molar-refractivity contribution in [3.63, 3.8) is 0 Å². The van der Waals surface area contributed by atoms with Crippen molar-refractivity contribution in [2.75, 3.05) is 32.1 Å². The Hall–Kier alpha value is -3.11. The minimum absolute atomic E-state index is 0.00172. The van der Waals surface area contributed by atoms with Gasteiger partial charge in [-0.15, -0.1) is 11.8 Å². The van der Waals surface area contributed by atoms with Crippen LogP contribution < -0.4 is 11.5 Å². The first kappa shape index (κ1) is 24.0. The average Bonchev–Trinajstić information content (AvgIpc) is 3.21. The third-order valence-electron chi connectivity index (χ3n) is 6.38. The van der Waals surface area contributed by atoms with Crippen LogP contribution in [0, 0.1) is 10.1 Å². The van der Waals surface area contributed by atoms with Gasteiger partial charge in [0.1, 0.15) is 5.69 Å². The molecule has 1 heterocycles. The normalized spacial score (nSPS) is 14.7. The molecule has 0 aliphatic heterocycles. The van der Waals surface area contributed by atoms with E-state index < -0.39 is 10.8 Å². The highest BCUT2D eigenvalue weighted by Crippen LogP contribution is 2.43. The number of primary amides is 1. The van der Waals surface area contributed by atoms with Crippen molar-refractivity contribution in [2.45, 2.75) is 43.0 Å². The van der Waals surface area contributed by atoms with Crippen LogP contribution >= 0.6 is 11.8 Å². The number of anilines is 1. The van der Waals surface area contributed by atoms with Gasteiger partial charge in [-0.05, 0) is 50.7 Å². The number of rotatable bonds is 8. The lowest BCUT2D eigenvalue weighted by atomic mass is 9.95. The lowest BCUT2D eigenvalue weighted by molar-refractivity contribution is -0.383. The van der Waals surface area contributed by atoms with Gasteiger partial charge in [0.05, 0.1) is 33.4 Å². The number of amides is 1. The molecule has 1 aliphatic carbocycles. The lowest BCUT2D eigenvalue weighted by Gasteiger charge is -2.23. The molecule has 0 bridgehead atoms. The molecule has 0 atom stereocenters. The van der Waals surface area contributed by atoms with Gasteiger partial charge in [0.15, 0.2) is 0 Å². The van der Waals surface area contributed by atoms with Crippen LogP contribution in [0.2, 0.25) is 0 Å². The van der Waals surface area contributed by atoms with Crippen LogP contribution in [-0.2, 0) is 0 Å². The van der Waals surface area contributed by atoms with E-state index >= 15 is 0 Å². The molecule has 1 amide bonds. The molecule has 4 rings (SSSR count). The number of hydrogen-bond acceptors (Lipinski definition) is 7. The molecular weight excluding hydrogens is 452 g/mol. The van der Waals surface area contributed by atoms with E-state index in [1.54, 1.807) is 6.07 Å². The number of fused-ring (bicyclic) bond motifs is 1. The second-order valence-electron chi connectivity index (χ2n) is 8.98. The van der Waals surface area contributed by atoms with E-state index in [0.29, 0.717) is 27.8 Å². The average molecular weight is 483 g/mol. The molecular formula is C24H30N6O3S. The summed E-state index contributed by atoms with van der Waals surface area (Å²) in [7, 11) is 3.90. The standard InChI is InChI=1S/C24H30N6O3S/c1-28(2)10-11-34-20-13-17(23(30(32)33)22(25)21(20)24(26)31)15-8-9-19-18(12-15)27-14-29(19)16-6-4-3-5-7-16/h8-9,12-14,16H,3-7,10-11,25H2,1-2H3,(H2,26,31). The second kappa shape index (κ2) is 10.0. The number of benzene rings is 2. The largest absolute Gasteiger partial charge is 0.392 e. The highest BCUT2D eigenvalue weighted by atomic mass is 32.2. The Morgan fingerprint density at radius 1 is 1.26 bits per heavy atom. The summed E-state index contributed by atoms with van der Waals surface area (Å²) in [5, 5.41) is 12.0. The number of aromatic nitrogens is 2. The van der Waals surface area contributed by atoms with E-state index in [1.165, 1.54) is 31.0 Å². The van der Waals surface area contributed by atoms with Gasteiger partial charge in [-0.25, -0.2) is 4.98 Å². The number of nitro benzene ring substituents is 1. The Morgan fingerprint density at radius 3 is 2.65 bits per heavy atom. The zero-order valence-corrected chi connectivity index (χ0v) is 20.3. The molecule has 1 fully saturated rings. The number of hydrogen-bond donors (Lipinski definition) is 2. The number of nitrogens with zero attached hydrogens (tertiary/aromatic N) is 4. The molecule has 0 saturated heterocycles. The van der Waals surface area contributed by atoms with E-state index in [0.717, 1.165) is 30.4 Å². The van der Waals surface area contributed by atoms with E-state index in [4.69, 9.17) is 11.5 Å². The molecule has 0 unspecified atom stereocenters. The van der Waals surface area contributed by atoms with Gasteiger partial charge in [-0.1, -0.05) is 25.3 Å². The number of nitro groups is 1. The first-order chi connectivity index (χ1) is 16.3. The van der Waals surface area contributed by atoms with Gasteiger partial charge in [-0.3, -0.25) is 14.9 Å². The summed E-state index contributed by atoms with van der Waals surface area (Å²) in [5.41, 5.74) is 14.0. The van der Waals surface area contributed by atoms with Gasteiger partial charge < -0.3 is 20.9 Å². The molecule has 1 aliphatic rings. The van der Waals surface area contributed by atoms with Crippen LogP contribution in [0.3, 0.4) is 0 Å². The number of carbonyl (C=O) groups excluding carboxylic acids is 1. The smallest absolute Gasteiger partial charge is 0.300 e. The molecule has 180 valence electrons. The highest BCUT2D eigenvalue weighted by Gasteiger charge is 2.28. The van der Waals surface area contributed by atoms with Crippen LogP contribution in [0.15, 0.2) is 35.5 Å². The van der Waals surface area contributed by atoms with Crippen LogP contribution in [0.4, 0.5) is 11.4 Å². The summed E-state index contributed by atoms with van der Waals surface area (Å²) >= 11 is 1.41. The number of carbonyl (C=O) groups is 1. The fourth-order valence-electron chi connectivity index (χ4n) is 4.64. The topological polar surface area (TPSA) is 133 Å². The third kappa shape index (κ3) is 4.74. The van der Waals surface area contributed by atoms with Gasteiger partial charge in [0.2, 0.25) is 0 Å². The minimum Gasteiger partial charge on any atom is -0.392 e. The zero-order chi connectivity index (χ0) is 24.4. The van der Waals surface area contributed by atoms with Gasteiger partial charge >= 0.3 is 5.69 Å².